The maximum atomic E-state index is 13.1. The number of amides is 1. The number of allylic oxidation sites excluding steroid dienone is 1. The fourth-order valence-corrected chi connectivity index (χ4v) is 6.05. The van der Waals surface area contributed by atoms with Crippen LogP contribution < -0.4 is 10.9 Å². The Balaban J connectivity index is 1.59. The van der Waals surface area contributed by atoms with Crippen LogP contribution in [0.4, 0.5) is 0 Å². The van der Waals surface area contributed by atoms with Crippen molar-refractivity contribution in [3.05, 3.63) is 33.4 Å². The molecule has 2 aliphatic rings. The van der Waals surface area contributed by atoms with E-state index in [1.54, 1.807) is 22.0 Å². The van der Waals surface area contributed by atoms with E-state index >= 15 is 0 Å². The third-order valence-corrected chi connectivity index (χ3v) is 7.32. The third-order valence-electron chi connectivity index (χ3n) is 5.15. The summed E-state index contributed by atoms with van der Waals surface area (Å²) in [5.41, 5.74) is 1.20. The Hall–Kier alpha value is -1.60. The summed E-state index contributed by atoms with van der Waals surface area (Å²) in [6.07, 6.45) is 9.38. The molecular weight excluding hydrogens is 366 g/mol. The fourth-order valence-electron chi connectivity index (χ4n) is 3.93. The van der Waals surface area contributed by atoms with Crippen molar-refractivity contribution in [1.82, 2.24) is 14.9 Å². The number of fused-ring (bicyclic) bond motifs is 3. The number of rotatable bonds is 6. The summed E-state index contributed by atoms with van der Waals surface area (Å²) in [7, 11) is 0. The number of nitrogens with one attached hydrogen (secondary N) is 1. The lowest BCUT2D eigenvalue weighted by atomic mass is 10.2. The molecule has 0 aliphatic heterocycles. The molecule has 4 rings (SSSR count). The van der Waals surface area contributed by atoms with Crippen molar-refractivity contribution in [1.29, 1.82) is 0 Å². The van der Waals surface area contributed by atoms with Gasteiger partial charge in [-0.3, -0.25) is 14.2 Å². The average Bonchev–Trinajstić information content (AvgIpc) is 3.33. The first-order valence-corrected chi connectivity index (χ1v) is 11.1. The number of carbonyl (C=O) groups is 1. The maximum Gasteiger partial charge on any atom is 0.263 e. The van der Waals surface area contributed by atoms with Gasteiger partial charge in [-0.05, 0) is 37.7 Å². The topological polar surface area (TPSA) is 64.0 Å². The van der Waals surface area contributed by atoms with Gasteiger partial charge in [-0.2, -0.15) is 0 Å². The van der Waals surface area contributed by atoms with Crippen LogP contribution in [0.3, 0.4) is 0 Å². The van der Waals surface area contributed by atoms with Crippen LogP contribution in [0.2, 0.25) is 0 Å². The Kier molecular flexibility index (Phi) is 5.18. The molecule has 0 saturated heterocycles. The minimum Gasteiger partial charge on any atom is -0.353 e. The molecule has 5 nitrogen and oxygen atoms in total. The molecule has 0 bridgehead atoms. The summed E-state index contributed by atoms with van der Waals surface area (Å²) in [4.78, 5) is 32.1. The molecule has 0 aromatic carbocycles. The molecule has 0 spiro atoms. The quantitative estimate of drug-likeness (QED) is 0.468. The molecular formula is C19H23N3O2S2. The first-order valence-electron chi connectivity index (χ1n) is 9.25. The summed E-state index contributed by atoms with van der Waals surface area (Å²) in [5.74, 6) is 0.312. The van der Waals surface area contributed by atoms with Gasteiger partial charge >= 0.3 is 0 Å². The Bertz CT molecular complexity index is 910. The molecule has 1 saturated carbocycles. The number of aryl methyl sites for hydroxylation is 2. The van der Waals surface area contributed by atoms with Crippen molar-refractivity contribution < 1.29 is 4.79 Å². The molecule has 2 aromatic heterocycles. The molecule has 1 N–H and O–H groups in total. The first-order chi connectivity index (χ1) is 12.7. The predicted molar refractivity (Wildman–Crippen MR) is 107 cm³/mol. The Morgan fingerprint density at radius 1 is 1.35 bits per heavy atom. The molecule has 7 heteroatoms. The molecule has 2 aliphatic carbocycles. The highest BCUT2D eigenvalue weighted by Gasteiger charge is 2.23. The zero-order valence-electron chi connectivity index (χ0n) is 14.8. The number of thioether (sulfide) groups is 1. The van der Waals surface area contributed by atoms with Crippen molar-refractivity contribution in [3.8, 4) is 0 Å². The van der Waals surface area contributed by atoms with Crippen molar-refractivity contribution in [2.45, 2.75) is 62.7 Å². The zero-order chi connectivity index (χ0) is 18.1. The highest BCUT2D eigenvalue weighted by molar-refractivity contribution is 7.99. The summed E-state index contributed by atoms with van der Waals surface area (Å²) < 4.78 is 1.66. The van der Waals surface area contributed by atoms with E-state index in [1.165, 1.54) is 35.0 Å². The number of aromatic nitrogens is 2. The number of nitrogens with zero attached hydrogens (tertiary/aromatic N) is 2. The number of carbonyl (C=O) groups excluding carboxylic acids is 1. The molecule has 26 heavy (non-hydrogen) atoms. The lowest BCUT2D eigenvalue weighted by Gasteiger charge is -2.13. The molecule has 0 unspecified atom stereocenters. The largest absolute Gasteiger partial charge is 0.353 e. The van der Waals surface area contributed by atoms with Crippen molar-refractivity contribution in [2.75, 3.05) is 5.75 Å². The normalized spacial score (nSPS) is 16.9. The van der Waals surface area contributed by atoms with E-state index in [-0.39, 0.29) is 17.2 Å². The molecule has 2 aromatic rings. The standard InChI is InChI=1S/C19H23N3O2S2/c1-2-10-22-18(24)16-13-8-5-9-14(13)26-17(16)21-19(22)25-11-15(23)20-12-6-3-4-7-12/h2,12H,1,3-11H2,(H,20,23). The number of hydrogen-bond donors (Lipinski definition) is 1. The fraction of sp³-hybridized carbons (Fsp3) is 0.526. The smallest absolute Gasteiger partial charge is 0.263 e. The van der Waals surface area contributed by atoms with Crippen molar-refractivity contribution in [3.63, 3.8) is 0 Å². The van der Waals surface area contributed by atoms with Gasteiger partial charge in [0.2, 0.25) is 5.91 Å². The van der Waals surface area contributed by atoms with Gasteiger partial charge in [-0.25, -0.2) is 4.98 Å². The number of hydrogen-bond acceptors (Lipinski definition) is 5. The summed E-state index contributed by atoms with van der Waals surface area (Å²) in [6, 6.07) is 0.314. The van der Waals surface area contributed by atoms with Crippen LogP contribution in [-0.2, 0) is 24.2 Å². The van der Waals surface area contributed by atoms with Gasteiger partial charge in [0.05, 0.1) is 11.1 Å². The van der Waals surface area contributed by atoms with E-state index in [0.717, 1.165) is 42.3 Å². The van der Waals surface area contributed by atoms with Gasteiger partial charge in [0.1, 0.15) is 4.83 Å². The maximum absolute atomic E-state index is 13.1. The van der Waals surface area contributed by atoms with Crippen LogP contribution in [-0.4, -0.2) is 27.3 Å². The van der Waals surface area contributed by atoms with Crippen molar-refractivity contribution in [2.24, 2.45) is 0 Å². The van der Waals surface area contributed by atoms with Gasteiger partial charge in [0, 0.05) is 17.5 Å². The van der Waals surface area contributed by atoms with E-state index in [9.17, 15) is 9.59 Å². The van der Waals surface area contributed by atoms with Crippen molar-refractivity contribution >= 4 is 39.2 Å². The minimum absolute atomic E-state index is 0.00741. The van der Waals surface area contributed by atoms with Crippen LogP contribution in [0.1, 0.15) is 42.5 Å². The van der Waals surface area contributed by atoms with Gasteiger partial charge < -0.3 is 5.32 Å². The van der Waals surface area contributed by atoms with E-state index < -0.39 is 0 Å². The van der Waals surface area contributed by atoms with Gasteiger partial charge in [-0.15, -0.1) is 17.9 Å². The molecule has 1 fully saturated rings. The van der Waals surface area contributed by atoms with E-state index in [4.69, 9.17) is 4.98 Å². The zero-order valence-corrected chi connectivity index (χ0v) is 16.4. The molecule has 0 atom stereocenters. The Morgan fingerprint density at radius 2 is 2.15 bits per heavy atom. The second-order valence-electron chi connectivity index (χ2n) is 6.97. The first kappa shape index (κ1) is 17.8. The lowest BCUT2D eigenvalue weighted by Crippen LogP contribution is -2.34. The molecule has 0 radical (unpaired) electrons. The summed E-state index contributed by atoms with van der Waals surface area (Å²) in [6.45, 7) is 4.18. The highest BCUT2D eigenvalue weighted by atomic mass is 32.2. The highest BCUT2D eigenvalue weighted by Crippen LogP contribution is 2.35. The molecule has 138 valence electrons. The van der Waals surface area contributed by atoms with Crippen LogP contribution in [0.15, 0.2) is 22.6 Å². The SMILES string of the molecule is C=CCn1c(SCC(=O)NC2CCCC2)nc2sc3c(c2c1=O)CCC3. The second kappa shape index (κ2) is 7.56. The van der Waals surface area contributed by atoms with Gasteiger partial charge in [-0.1, -0.05) is 30.7 Å². The van der Waals surface area contributed by atoms with E-state index in [0.29, 0.717) is 17.7 Å². The Morgan fingerprint density at radius 3 is 2.92 bits per heavy atom. The third kappa shape index (κ3) is 3.34. The summed E-state index contributed by atoms with van der Waals surface area (Å²) in [5, 5.41) is 4.49. The lowest BCUT2D eigenvalue weighted by molar-refractivity contribution is -0.119. The van der Waals surface area contributed by atoms with Crippen LogP contribution >= 0.6 is 23.1 Å². The van der Waals surface area contributed by atoms with E-state index in [1.807, 2.05) is 0 Å². The second-order valence-corrected chi connectivity index (χ2v) is 9.00. The number of thiophene rings is 1. The van der Waals surface area contributed by atoms with Gasteiger partial charge in [0.15, 0.2) is 5.16 Å². The monoisotopic (exact) mass is 389 g/mol. The van der Waals surface area contributed by atoms with Crippen LogP contribution in [0.5, 0.6) is 0 Å². The molecule has 1 amide bonds. The van der Waals surface area contributed by atoms with Crippen LogP contribution in [0, 0.1) is 0 Å². The van der Waals surface area contributed by atoms with Gasteiger partial charge in [0.25, 0.3) is 5.56 Å². The average molecular weight is 390 g/mol. The summed E-state index contributed by atoms with van der Waals surface area (Å²) >= 11 is 2.98. The van der Waals surface area contributed by atoms with E-state index in [2.05, 4.69) is 11.9 Å². The molecule has 2 heterocycles. The Labute approximate surface area is 160 Å². The van der Waals surface area contributed by atoms with Crippen LogP contribution in [0.25, 0.3) is 10.2 Å². The predicted octanol–water partition coefficient (Wildman–Crippen LogP) is 3.28. The minimum atomic E-state index is 0.00741.